The molecule has 0 fully saturated rings. The fourth-order valence-corrected chi connectivity index (χ4v) is 2.51. The van der Waals surface area contributed by atoms with Gasteiger partial charge in [0.15, 0.2) is 0 Å². The van der Waals surface area contributed by atoms with Gasteiger partial charge in [-0.25, -0.2) is 0 Å². The molecule has 0 unspecified atom stereocenters. The first-order chi connectivity index (χ1) is 13.8. The Morgan fingerprint density at radius 3 is 2.38 bits per heavy atom. The number of halogens is 3. The number of nitrogens with one attached hydrogen (secondary N) is 1. The third-order valence-electron chi connectivity index (χ3n) is 3.94. The Labute approximate surface area is 166 Å². The molecular formula is C21H21F3N2O3. The minimum atomic E-state index is -4.60. The molecule has 5 nitrogen and oxygen atoms in total. The molecule has 0 aliphatic carbocycles. The number of ether oxygens (including phenoxy) is 1. The largest absolute Gasteiger partial charge is 0.418 e. The fourth-order valence-electron chi connectivity index (χ4n) is 2.51. The van der Waals surface area contributed by atoms with Crippen LogP contribution in [0.1, 0.15) is 11.1 Å². The Bertz CT molecular complexity index is 852. The van der Waals surface area contributed by atoms with Crippen molar-refractivity contribution in [1.29, 1.82) is 0 Å². The zero-order chi connectivity index (χ0) is 21.3. The van der Waals surface area contributed by atoms with Crippen LogP contribution in [0.3, 0.4) is 0 Å². The van der Waals surface area contributed by atoms with Crippen LogP contribution in [0, 0.1) is 0 Å². The van der Waals surface area contributed by atoms with Gasteiger partial charge in [-0.3, -0.25) is 9.59 Å². The number of amides is 2. The number of nitrogens with zero attached hydrogens (tertiary/aromatic N) is 1. The summed E-state index contributed by atoms with van der Waals surface area (Å²) in [6, 6.07) is 13.8. The van der Waals surface area contributed by atoms with Crippen molar-refractivity contribution in [2.45, 2.75) is 6.18 Å². The van der Waals surface area contributed by atoms with E-state index in [4.69, 9.17) is 4.74 Å². The van der Waals surface area contributed by atoms with Crippen LogP contribution >= 0.6 is 0 Å². The van der Waals surface area contributed by atoms with Crippen molar-refractivity contribution in [2.75, 3.05) is 32.1 Å². The standard InChI is InChI=1S/C21H21F3N2O3/c1-29-14-13-26(20(28)12-11-16-7-3-2-4-8-16)15-19(27)25-18-10-6-5-9-17(18)21(22,23)24/h2-12H,13-15H2,1H3,(H,25,27)/b12-11+. The Balaban J connectivity index is 2.09. The maximum atomic E-state index is 13.1. The van der Waals surface area contributed by atoms with Gasteiger partial charge in [0.1, 0.15) is 6.54 Å². The summed E-state index contributed by atoms with van der Waals surface area (Å²) < 4.78 is 44.2. The summed E-state index contributed by atoms with van der Waals surface area (Å²) in [5.41, 5.74) is -0.507. The number of benzene rings is 2. The number of hydrogen-bond acceptors (Lipinski definition) is 3. The quantitative estimate of drug-likeness (QED) is 0.678. The zero-order valence-corrected chi connectivity index (χ0v) is 15.8. The van der Waals surface area contributed by atoms with E-state index >= 15 is 0 Å². The number of para-hydroxylation sites is 1. The molecule has 0 saturated heterocycles. The molecule has 0 spiro atoms. The van der Waals surface area contributed by atoms with E-state index in [1.54, 1.807) is 6.08 Å². The lowest BCUT2D eigenvalue weighted by atomic mass is 10.1. The normalized spacial score (nSPS) is 11.4. The van der Waals surface area contributed by atoms with Crippen LogP contribution in [-0.2, 0) is 20.5 Å². The van der Waals surface area contributed by atoms with E-state index in [1.807, 2.05) is 30.3 Å². The van der Waals surface area contributed by atoms with Gasteiger partial charge in [-0.1, -0.05) is 42.5 Å². The lowest BCUT2D eigenvalue weighted by molar-refractivity contribution is -0.137. The molecule has 0 aliphatic heterocycles. The number of carbonyl (C=O) groups is 2. The van der Waals surface area contributed by atoms with E-state index in [1.165, 1.54) is 30.2 Å². The Morgan fingerprint density at radius 2 is 1.72 bits per heavy atom. The Morgan fingerprint density at radius 1 is 1.07 bits per heavy atom. The highest BCUT2D eigenvalue weighted by molar-refractivity contribution is 5.98. The third-order valence-corrected chi connectivity index (χ3v) is 3.94. The molecule has 0 bridgehead atoms. The first-order valence-electron chi connectivity index (χ1n) is 8.78. The van der Waals surface area contributed by atoms with Crippen LogP contribution in [-0.4, -0.2) is 43.5 Å². The molecule has 2 amide bonds. The van der Waals surface area contributed by atoms with Crippen molar-refractivity contribution in [3.8, 4) is 0 Å². The highest BCUT2D eigenvalue weighted by atomic mass is 19.4. The Kier molecular flexibility index (Phi) is 7.97. The van der Waals surface area contributed by atoms with Crippen molar-refractivity contribution in [3.63, 3.8) is 0 Å². The van der Waals surface area contributed by atoms with Gasteiger partial charge in [0.2, 0.25) is 11.8 Å². The van der Waals surface area contributed by atoms with Crippen LogP contribution in [0.5, 0.6) is 0 Å². The van der Waals surface area contributed by atoms with E-state index in [2.05, 4.69) is 5.32 Å². The number of hydrogen-bond donors (Lipinski definition) is 1. The second-order valence-electron chi connectivity index (χ2n) is 6.09. The number of methoxy groups -OCH3 is 1. The molecule has 0 atom stereocenters. The summed E-state index contributed by atoms with van der Waals surface area (Å²) in [6.07, 6.45) is -1.70. The van der Waals surface area contributed by atoms with Gasteiger partial charge in [0.25, 0.3) is 0 Å². The van der Waals surface area contributed by atoms with Crippen molar-refractivity contribution in [2.24, 2.45) is 0 Å². The predicted octanol–water partition coefficient (Wildman–Crippen LogP) is 3.83. The summed E-state index contributed by atoms with van der Waals surface area (Å²) in [5, 5.41) is 2.23. The molecule has 1 N–H and O–H groups in total. The minimum Gasteiger partial charge on any atom is -0.383 e. The maximum absolute atomic E-state index is 13.1. The van der Waals surface area contributed by atoms with Crippen LogP contribution in [0.25, 0.3) is 6.08 Å². The molecule has 0 radical (unpaired) electrons. The third kappa shape index (κ3) is 7.08. The monoisotopic (exact) mass is 406 g/mol. The molecule has 154 valence electrons. The van der Waals surface area contributed by atoms with E-state index in [9.17, 15) is 22.8 Å². The van der Waals surface area contributed by atoms with E-state index < -0.39 is 30.1 Å². The van der Waals surface area contributed by atoms with Crippen LogP contribution in [0.2, 0.25) is 0 Å². The smallest absolute Gasteiger partial charge is 0.383 e. The Hall–Kier alpha value is -3.13. The van der Waals surface area contributed by atoms with Gasteiger partial charge in [-0.05, 0) is 23.8 Å². The molecule has 29 heavy (non-hydrogen) atoms. The summed E-state index contributed by atoms with van der Waals surface area (Å²) >= 11 is 0. The molecule has 8 heteroatoms. The lowest BCUT2D eigenvalue weighted by Gasteiger charge is -2.21. The molecule has 0 saturated carbocycles. The zero-order valence-electron chi connectivity index (χ0n) is 15.8. The SMILES string of the molecule is COCCN(CC(=O)Nc1ccccc1C(F)(F)F)C(=O)/C=C/c1ccccc1. The summed E-state index contributed by atoms with van der Waals surface area (Å²) in [5.74, 6) is -1.19. The first kappa shape index (κ1) is 22.2. The molecular weight excluding hydrogens is 385 g/mol. The van der Waals surface area contributed by atoms with Gasteiger partial charge in [0, 0.05) is 19.7 Å². The second kappa shape index (κ2) is 10.4. The summed E-state index contributed by atoms with van der Waals surface area (Å²) in [7, 11) is 1.45. The number of alkyl halides is 3. The van der Waals surface area contributed by atoms with Crippen molar-refractivity contribution >= 4 is 23.6 Å². The first-order valence-corrected chi connectivity index (χ1v) is 8.78. The van der Waals surface area contributed by atoms with Crippen molar-refractivity contribution in [1.82, 2.24) is 4.90 Å². The predicted molar refractivity (Wildman–Crippen MR) is 104 cm³/mol. The van der Waals surface area contributed by atoms with Crippen LogP contribution in [0.15, 0.2) is 60.7 Å². The highest BCUT2D eigenvalue weighted by Gasteiger charge is 2.33. The van der Waals surface area contributed by atoms with Gasteiger partial charge < -0.3 is 15.0 Å². The van der Waals surface area contributed by atoms with Gasteiger partial charge in [0.05, 0.1) is 17.9 Å². The van der Waals surface area contributed by atoms with Crippen molar-refractivity contribution in [3.05, 3.63) is 71.8 Å². The minimum absolute atomic E-state index is 0.114. The summed E-state index contributed by atoms with van der Waals surface area (Å²) in [4.78, 5) is 26.0. The van der Waals surface area contributed by atoms with Gasteiger partial charge in [-0.15, -0.1) is 0 Å². The molecule has 2 rings (SSSR count). The number of rotatable bonds is 8. The average Bonchev–Trinajstić information content (AvgIpc) is 2.69. The highest BCUT2D eigenvalue weighted by Crippen LogP contribution is 2.34. The molecule has 0 aromatic heterocycles. The van der Waals surface area contributed by atoms with Crippen LogP contribution in [0.4, 0.5) is 18.9 Å². The molecule has 2 aromatic carbocycles. The van der Waals surface area contributed by atoms with Crippen LogP contribution < -0.4 is 5.32 Å². The fraction of sp³-hybridized carbons (Fsp3) is 0.238. The summed E-state index contributed by atoms with van der Waals surface area (Å²) in [6.45, 7) is -0.117. The number of anilines is 1. The molecule has 0 aliphatic rings. The van der Waals surface area contributed by atoms with E-state index in [0.717, 1.165) is 17.7 Å². The number of carbonyl (C=O) groups excluding carboxylic acids is 2. The average molecular weight is 406 g/mol. The molecule has 0 heterocycles. The molecule has 2 aromatic rings. The topological polar surface area (TPSA) is 58.6 Å². The van der Waals surface area contributed by atoms with E-state index in [-0.39, 0.29) is 18.8 Å². The lowest BCUT2D eigenvalue weighted by Crippen LogP contribution is -2.39. The van der Waals surface area contributed by atoms with Gasteiger partial charge >= 0.3 is 6.18 Å². The van der Waals surface area contributed by atoms with Gasteiger partial charge in [-0.2, -0.15) is 13.2 Å². The maximum Gasteiger partial charge on any atom is 0.418 e. The second-order valence-corrected chi connectivity index (χ2v) is 6.09. The van der Waals surface area contributed by atoms with E-state index in [0.29, 0.717) is 0 Å². The van der Waals surface area contributed by atoms with Crippen molar-refractivity contribution < 1.29 is 27.5 Å².